The van der Waals surface area contributed by atoms with Crippen LogP contribution in [0.2, 0.25) is 0 Å². The lowest BCUT2D eigenvalue weighted by atomic mass is 9.92. The molecule has 1 heterocycles. The fraction of sp³-hybridized carbons (Fsp3) is 0.632. The number of ether oxygens (including phenoxy) is 1. The van der Waals surface area contributed by atoms with E-state index in [1.165, 1.54) is 0 Å². The first-order chi connectivity index (χ1) is 11.2. The minimum absolute atomic E-state index is 0.238. The van der Waals surface area contributed by atoms with Gasteiger partial charge in [-0.2, -0.15) is 0 Å². The van der Waals surface area contributed by atoms with Gasteiger partial charge < -0.3 is 14.7 Å². The van der Waals surface area contributed by atoms with E-state index in [9.17, 15) is 14.3 Å². The Morgan fingerprint density at radius 2 is 2.08 bits per heavy atom. The normalized spacial score (nSPS) is 23.0. The molecule has 1 N–H and O–H groups in total. The van der Waals surface area contributed by atoms with E-state index in [-0.39, 0.29) is 12.5 Å². The molecule has 3 atom stereocenters. The molecule has 0 bridgehead atoms. The van der Waals surface area contributed by atoms with E-state index in [2.05, 4.69) is 0 Å². The Morgan fingerprint density at radius 3 is 2.71 bits per heavy atom. The molecule has 0 aliphatic carbocycles. The molecule has 2 rings (SSSR count). The number of alkyl halides is 1. The van der Waals surface area contributed by atoms with E-state index in [4.69, 9.17) is 4.74 Å². The summed E-state index contributed by atoms with van der Waals surface area (Å²) in [6, 6.07) is 7.22. The first-order valence-corrected chi connectivity index (χ1v) is 8.54. The number of aliphatic hydroxyl groups is 1. The molecule has 0 radical (unpaired) electrons. The van der Waals surface area contributed by atoms with Crippen molar-refractivity contribution in [2.75, 3.05) is 6.54 Å². The summed E-state index contributed by atoms with van der Waals surface area (Å²) in [7, 11) is 0. The van der Waals surface area contributed by atoms with Crippen molar-refractivity contribution in [3.05, 3.63) is 35.4 Å². The third-order valence-electron chi connectivity index (χ3n) is 4.32. The Bertz CT molecular complexity index is 570. The summed E-state index contributed by atoms with van der Waals surface area (Å²) in [6.45, 7) is 7.68. The van der Waals surface area contributed by atoms with Crippen molar-refractivity contribution in [1.29, 1.82) is 0 Å². The number of amides is 1. The van der Waals surface area contributed by atoms with Crippen LogP contribution in [0.25, 0.3) is 0 Å². The van der Waals surface area contributed by atoms with Crippen LogP contribution in [0.3, 0.4) is 0 Å². The third kappa shape index (κ3) is 4.94. The monoisotopic (exact) mass is 337 g/mol. The molecule has 0 unspecified atom stereocenters. The molecule has 0 saturated carbocycles. The van der Waals surface area contributed by atoms with Crippen LogP contribution >= 0.6 is 0 Å². The van der Waals surface area contributed by atoms with Gasteiger partial charge in [0.05, 0.1) is 6.10 Å². The number of rotatable bonds is 3. The highest BCUT2D eigenvalue weighted by atomic mass is 19.1. The van der Waals surface area contributed by atoms with Crippen molar-refractivity contribution in [3.63, 3.8) is 0 Å². The van der Waals surface area contributed by atoms with Gasteiger partial charge in [0.1, 0.15) is 11.8 Å². The topological polar surface area (TPSA) is 49.8 Å². The first-order valence-electron chi connectivity index (χ1n) is 8.54. The lowest BCUT2D eigenvalue weighted by Gasteiger charge is -2.39. The second-order valence-corrected chi connectivity index (χ2v) is 7.56. The Labute approximate surface area is 143 Å². The van der Waals surface area contributed by atoms with Gasteiger partial charge in [-0.25, -0.2) is 9.18 Å². The minimum atomic E-state index is -0.947. The predicted molar refractivity (Wildman–Crippen MR) is 91.6 cm³/mol. The highest BCUT2D eigenvalue weighted by molar-refractivity contribution is 5.68. The van der Waals surface area contributed by atoms with Crippen LogP contribution in [0.4, 0.5) is 9.18 Å². The number of aliphatic hydroxyl groups excluding tert-OH is 1. The highest BCUT2D eigenvalue weighted by Crippen LogP contribution is 2.30. The summed E-state index contributed by atoms with van der Waals surface area (Å²) in [5, 5.41) is 10.6. The lowest BCUT2D eigenvalue weighted by molar-refractivity contribution is -0.00669. The third-order valence-corrected chi connectivity index (χ3v) is 4.32. The molecule has 4 nitrogen and oxygen atoms in total. The molecular weight excluding hydrogens is 309 g/mol. The van der Waals surface area contributed by atoms with Gasteiger partial charge in [-0.05, 0) is 58.1 Å². The van der Waals surface area contributed by atoms with Crippen LogP contribution in [-0.2, 0) is 4.74 Å². The molecule has 24 heavy (non-hydrogen) atoms. The molecule has 1 aliphatic rings. The Balaban J connectivity index is 2.11. The van der Waals surface area contributed by atoms with Crippen LogP contribution in [-0.4, -0.2) is 40.5 Å². The maximum Gasteiger partial charge on any atom is 0.410 e. The number of hydrogen-bond donors (Lipinski definition) is 1. The quantitative estimate of drug-likeness (QED) is 0.901. The molecule has 1 amide bonds. The maximum absolute atomic E-state index is 13.9. The molecule has 1 aromatic rings. The van der Waals surface area contributed by atoms with E-state index < -0.39 is 24.0 Å². The number of carbonyl (C=O) groups excluding carboxylic acids is 1. The van der Waals surface area contributed by atoms with Crippen LogP contribution < -0.4 is 0 Å². The predicted octanol–water partition coefficient (Wildman–Crippen LogP) is 4.16. The number of hydrogen-bond acceptors (Lipinski definition) is 3. The fourth-order valence-corrected chi connectivity index (χ4v) is 3.13. The Hall–Kier alpha value is -1.62. The second kappa shape index (κ2) is 7.51. The average molecular weight is 337 g/mol. The summed E-state index contributed by atoms with van der Waals surface area (Å²) in [5.74, 6) is 0. The van der Waals surface area contributed by atoms with Crippen molar-refractivity contribution in [1.82, 2.24) is 4.90 Å². The maximum atomic E-state index is 13.9. The standard InChI is InChI=1S/C19H28FNO3/c1-13-7-5-6-8-16(13)17(22)12-15-11-14(20)9-10-21(15)18(23)24-19(2,3)4/h5-8,14-15,17,22H,9-12H2,1-4H3/t14-,15+,17+/m1/s1. The molecule has 5 heteroatoms. The van der Waals surface area contributed by atoms with Crippen molar-refractivity contribution in [2.24, 2.45) is 0 Å². The van der Waals surface area contributed by atoms with Gasteiger partial charge >= 0.3 is 6.09 Å². The van der Waals surface area contributed by atoms with Crippen LogP contribution in [0.15, 0.2) is 24.3 Å². The number of nitrogens with zero attached hydrogens (tertiary/aromatic N) is 1. The smallest absolute Gasteiger partial charge is 0.410 e. The van der Waals surface area contributed by atoms with E-state index >= 15 is 0 Å². The largest absolute Gasteiger partial charge is 0.444 e. The van der Waals surface area contributed by atoms with E-state index in [1.807, 2.05) is 52.0 Å². The summed E-state index contributed by atoms with van der Waals surface area (Å²) in [6.07, 6.45) is -1.25. The number of aryl methyl sites for hydroxylation is 1. The molecule has 1 saturated heterocycles. The molecule has 134 valence electrons. The number of benzene rings is 1. The zero-order valence-corrected chi connectivity index (χ0v) is 15.0. The molecule has 1 aromatic carbocycles. The molecular formula is C19H28FNO3. The van der Waals surface area contributed by atoms with Gasteiger partial charge in [-0.3, -0.25) is 0 Å². The van der Waals surface area contributed by atoms with E-state index in [0.717, 1.165) is 11.1 Å². The Kier molecular flexibility index (Phi) is 5.86. The summed E-state index contributed by atoms with van der Waals surface area (Å²) < 4.78 is 19.3. The number of carbonyl (C=O) groups is 1. The molecule has 0 aromatic heterocycles. The minimum Gasteiger partial charge on any atom is -0.444 e. The average Bonchev–Trinajstić information content (AvgIpc) is 2.45. The molecule has 0 spiro atoms. The van der Waals surface area contributed by atoms with Gasteiger partial charge in [-0.1, -0.05) is 24.3 Å². The van der Waals surface area contributed by atoms with Crippen molar-refractivity contribution < 1.29 is 19.0 Å². The fourth-order valence-electron chi connectivity index (χ4n) is 3.13. The van der Waals surface area contributed by atoms with E-state index in [0.29, 0.717) is 19.4 Å². The summed E-state index contributed by atoms with van der Waals surface area (Å²) >= 11 is 0. The van der Waals surface area contributed by atoms with Gasteiger partial charge in [0, 0.05) is 12.6 Å². The zero-order chi connectivity index (χ0) is 17.9. The first kappa shape index (κ1) is 18.7. The van der Waals surface area contributed by atoms with E-state index in [1.54, 1.807) is 4.90 Å². The van der Waals surface area contributed by atoms with Gasteiger partial charge in [0.15, 0.2) is 0 Å². The van der Waals surface area contributed by atoms with Crippen LogP contribution in [0, 0.1) is 6.92 Å². The number of piperidine rings is 1. The Morgan fingerprint density at radius 1 is 1.42 bits per heavy atom. The van der Waals surface area contributed by atoms with Gasteiger partial charge in [0.25, 0.3) is 0 Å². The van der Waals surface area contributed by atoms with Crippen LogP contribution in [0.5, 0.6) is 0 Å². The summed E-state index contributed by atoms with van der Waals surface area (Å²) in [5.41, 5.74) is 1.21. The second-order valence-electron chi connectivity index (χ2n) is 7.56. The van der Waals surface area contributed by atoms with Crippen molar-refractivity contribution >= 4 is 6.09 Å². The number of halogens is 1. The lowest BCUT2D eigenvalue weighted by Crippen LogP contribution is -2.49. The highest BCUT2D eigenvalue weighted by Gasteiger charge is 2.35. The summed E-state index contributed by atoms with van der Waals surface area (Å²) in [4.78, 5) is 14.0. The molecule has 1 aliphatic heterocycles. The van der Waals surface area contributed by atoms with Crippen LogP contribution in [0.1, 0.15) is 57.3 Å². The van der Waals surface area contributed by atoms with Crippen molar-refractivity contribution in [2.45, 2.75) is 70.9 Å². The SMILES string of the molecule is Cc1ccccc1[C@@H](O)C[C@@H]1C[C@H](F)CCN1C(=O)OC(C)(C)C. The zero-order valence-electron chi connectivity index (χ0n) is 15.0. The number of likely N-dealkylation sites (tertiary alicyclic amines) is 1. The molecule has 1 fully saturated rings. The van der Waals surface area contributed by atoms with Gasteiger partial charge in [-0.15, -0.1) is 0 Å². The van der Waals surface area contributed by atoms with Crippen molar-refractivity contribution in [3.8, 4) is 0 Å². The van der Waals surface area contributed by atoms with Gasteiger partial charge in [0.2, 0.25) is 0 Å².